The molecular weight excluding hydrogens is 379 g/mol. The Morgan fingerprint density at radius 1 is 1.07 bits per heavy atom. The van der Waals surface area contributed by atoms with Gasteiger partial charge in [-0.25, -0.2) is 9.29 Å². The van der Waals surface area contributed by atoms with Crippen LogP contribution in [-0.2, 0) is 9.59 Å². The Hall–Kier alpha value is -2.43. The lowest BCUT2D eigenvalue weighted by Crippen LogP contribution is -2.41. The lowest BCUT2D eigenvalue weighted by Gasteiger charge is -2.46. The van der Waals surface area contributed by atoms with E-state index in [1.165, 1.54) is 29.2 Å². The Balaban J connectivity index is 1.61. The van der Waals surface area contributed by atoms with Crippen molar-refractivity contribution in [3.63, 3.8) is 0 Å². The molecule has 0 spiro atoms. The molecule has 0 radical (unpaired) electrons. The van der Waals surface area contributed by atoms with Crippen molar-refractivity contribution < 1.29 is 14.0 Å². The van der Waals surface area contributed by atoms with Crippen molar-refractivity contribution in [2.24, 2.45) is 23.2 Å². The average molecular weight is 409 g/mol. The molecule has 5 rings (SSSR count). The van der Waals surface area contributed by atoms with Crippen LogP contribution in [0.1, 0.15) is 68.8 Å². The first-order chi connectivity index (χ1) is 14.2. The number of nitrogens with one attached hydrogen (secondary N) is 1. The Kier molecular flexibility index (Phi) is 4.25. The van der Waals surface area contributed by atoms with Crippen LogP contribution in [0, 0.1) is 35.9 Å². The summed E-state index contributed by atoms with van der Waals surface area (Å²) in [7, 11) is 0. The first-order valence-electron chi connectivity index (χ1n) is 11.0. The van der Waals surface area contributed by atoms with Crippen LogP contribution in [0.2, 0.25) is 0 Å². The summed E-state index contributed by atoms with van der Waals surface area (Å²) >= 11 is 0. The maximum atomic E-state index is 13.7. The highest BCUT2D eigenvalue weighted by Gasteiger charge is 2.59. The molecule has 1 N–H and O–H groups in total. The third-order valence-corrected chi connectivity index (χ3v) is 7.74. The summed E-state index contributed by atoms with van der Waals surface area (Å²) in [6.45, 7) is 8.83. The number of amides is 2. The first kappa shape index (κ1) is 19.5. The molecule has 1 unspecified atom stereocenters. The second kappa shape index (κ2) is 6.53. The molecule has 1 saturated carbocycles. The van der Waals surface area contributed by atoms with Crippen LogP contribution in [0.25, 0.3) is 0 Å². The van der Waals surface area contributed by atoms with Gasteiger partial charge in [0.15, 0.2) is 0 Å². The minimum atomic E-state index is -0.442. The number of rotatable bonds is 1. The zero-order valence-corrected chi connectivity index (χ0v) is 18.0. The van der Waals surface area contributed by atoms with Crippen LogP contribution < -0.4 is 4.90 Å². The van der Waals surface area contributed by atoms with Crippen molar-refractivity contribution in [1.82, 2.24) is 4.98 Å². The van der Waals surface area contributed by atoms with Crippen molar-refractivity contribution in [1.29, 1.82) is 0 Å². The Bertz CT molecular complexity index is 1020. The van der Waals surface area contributed by atoms with E-state index < -0.39 is 5.92 Å². The smallest absolute Gasteiger partial charge is 0.242 e. The normalized spacial score (nSPS) is 30.8. The number of H-pyrrole nitrogens is 1. The summed E-state index contributed by atoms with van der Waals surface area (Å²) in [5.41, 5.74) is 3.84. The quantitative estimate of drug-likeness (QED) is 0.652. The largest absolute Gasteiger partial charge is 0.362 e. The number of fused-ring (bicyclic) bond motifs is 6. The molecule has 3 aliphatic rings. The summed E-state index contributed by atoms with van der Waals surface area (Å²) in [6, 6.07) is 7.73. The van der Waals surface area contributed by atoms with Crippen LogP contribution in [0.15, 0.2) is 30.3 Å². The van der Waals surface area contributed by atoms with E-state index in [-0.39, 0.29) is 34.9 Å². The minimum absolute atomic E-state index is 0.120. The van der Waals surface area contributed by atoms with Crippen molar-refractivity contribution in [2.45, 2.75) is 58.8 Å². The van der Waals surface area contributed by atoms with Crippen molar-refractivity contribution in [3.8, 4) is 0 Å². The van der Waals surface area contributed by atoms with E-state index in [4.69, 9.17) is 0 Å². The predicted molar refractivity (Wildman–Crippen MR) is 114 cm³/mol. The molecule has 2 amide bonds. The average Bonchev–Trinajstić information content (AvgIpc) is 3.19. The summed E-state index contributed by atoms with van der Waals surface area (Å²) in [5.74, 6) is -0.473. The minimum Gasteiger partial charge on any atom is -0.362 e. The number of hydrogen-bond acceptors (Lipinski definition) is 2. The second-order valence-electron chi connectivity index (χ2n) is 10.5. The van der Waals surface area contributed by atoms with Gasteiger partial charge in [-0.3, -0.25) is 9.59 Å². The molecule has 5 heteroatoms. The molecule has 1 aromatic carbocycles. The highest BCUT2D eigenvalue weighted by atomic mass is 19.1. The molecule has 2 heterocycles. The number of hydrogen-bond donors (Lipinski definition) is 1. The van der Waals surface area contributed by atoms with Gasteiger partial charge in [-0.1, -0.05) is 20.8 Å². The molecule has 4 nitrogen and oxygen atoms in total. The highest BCUT2D eigenvalue weighted by Crippen LogP contribution is 2.58. The van der Waals surface area contributed by atoms with Gasteiger partial charge in [-0.05, 0) is 79.3 Å². The standard InChI is InChI=1S/C25H29FN2O2/c1-13-11-19-21-20(23(29)28(24(21)30)16-8-6-15(26)7-9-16)18-12-14(25(2,3)4)5-10-17(18)22(19)27-13/h6-9,11,14,17-18,20-21,27H,5,10,12H2,1-4H3/t14?,17-,18+,20+,21-/m1/s1. The number of carbonyl (C=O) groups is 2. The van der Waals surface area contributed by atoms with Gasteiger partial charge in [-0.15, -0.1) is 0 Å². The summed E-state index contributed by atoms with van der Waals surface area (Å²) in [6.07, 6.45) is 3.15. The van der Waals surface area contributed by atoms with Crippen LogP contribution >= 0.6 is 0 Å². The molecule has 5 atom stereocenters. The number of anilines is 1. The van der Waals surface area contributed by atoms with Gasteiger partial charge in [0.2, 0.25) is 11.8 Å². The first-order valence-corrected chi connectivity index (χ1v) is 11.0. The van der Waals surface area contributed by atoms with Crippen molar-refractivity contribution >= 4 is 17.5 Å². The molecule has 1 aliphatic heterocycles. The van der Waals surface area contributed by atoms with Gasteiger partial charge in [0.25, 0.3) is 0 Å². The molecular formula is C25H29FN2O2. The number of carbonyl (C=O) groups excluding carboxylic acids is 2. The van der Waals surface area contributed by atoms with Crippen molar-refractivity contribution in [2.75, 3.05) is 4.90 Å². The molecule has 30 heavy (non-hydrogen) atoms. The van der Waals surface area contributed by atoms with Crippen LogP contribution in [0.5, 0.6) is 0 Å². The number of aromatic amines is 1. The molecule has 158 valence electrons. The van der Waals surface area contributed by atoms with E-state index >= 15 is 0 Å². The number of aryl methyl sites for hydroxylation is 1. The fourth-order valence-corrected chi connectivity index (χ4v) is 6.24. The van der Waals surface area contributed by atoms with Gasteiger partial charge in [0.05, 0.1) is 17.5 Å². The van der Waals surface area contributed by atoms with Gasteiger partial charge in [0, 0.05) is 17.3 Å². The third kappa shape index (κ3) is 2.78. The fraction of sp³-hybridized carbons (Fsp3) is 0.520. The van der Waals surface area contributed by atoms with E-state index in [2.05, 4.69) is 31.8 Å². The Labute approximate surface area is 176 Å². The van der Waals surface area contributed by atoms with E-state index in [1.807, 2.05) is 6.92 Å². The van der Waals surface area contributed by atoms with Crippen LogP contribution in [0.4, 0.5) is 10.1 Å². The summed E-state index contributed by atoms with van der Waals surface area (Å²) in [4.78, 5) is 32.1. The Morgan fingerprint density at radius 3 is 2.43 bits per heavy atom. The number of aromatic nitrogens is 1. The maximum Gasteiger partial charge on any atom is 0.242 e. The van der Waals surface area contributed by atoms with E-state index in [0.29, 0.717) is 17.5 Å². The topological polar surface area (TPSA) is 53.2 Å². The van der Waals surface area contributed by atoms with E-state index in [1.54, 1.807) is 0 Å². The number of imide groups is 1. The zero-order valence-electron chi connectivity index (χ0n) is 18.0. The summed E-state index contributed by atoms with van der Waals surface area (Å²) in [5, 5.41) is 0. The lowest BCUT2D eigenvalue weighted by molar-refractivity contribution is -0.123. The Morgan fingerprint density at radius 2 is 1.77 bits per heavy atom. The zero-order chi connectivity index (χ0) is 21.4. The second-order valence-corrected chi connectivity index (χ2v) is 10.5. The molecule has 0 bridgehead atoms. The lowest BCUT2D eigenvalue weighted by atomic mass is 9.57. The maximum absolute atomic E-state index is 13.7. The summed E-state index contributed by atoms with van der Waals surface area (Å²) < 4.78 is 13.4. The molecule has 2 aliphatic carbocycles. The number of halogens is 1. The van der Waals surface area contributed by atoms with Gasteiger partial charge in [-0.2, -0.15) is 0 Å². The highest BCUT2D eigenvalue weighted by molar-refractivity contribution is 6.24. The molecule has 1 aromatic heterocycles. The van der Waals surface area contributed by atoms with Gasteiger partial charge in [0.1, 0.15) is 5.82 Å². The molecule has 1 saturated heterocycles. The number of nitrogens with zero attached hydrogens (tertiary/aromatic N) is 1. The monoisotopic (exact) mass is 408 g/mol. The molecule has 2 aromatic rings. The molecule has 2 fully saturated rings. The van der Waals surface area contributed by atoms with E-state index in [9.17, 15) is 14.0 Å². The SMILES string of the molecule is Cc1cc2c([nH]1)[C@@H]1CCC(C(C)(C)C)C[C@@H]1[C@@H]1C(=O)N(c3ccc(F)cc3)C(=O)[C@H]21. The van der Waals surface area contributed by atoms with Crippen LogP contribution in [0.3, 0.4) is 0 Å². The number of benzene rings is 1. The van der Waals surface area contributed by atoms with Gasteiger partial charge >= 0.3 is 0 Å². The van der Waals surface area contributed by atoms with Gasteiger partial charge < -0.3 is 4.98 Å². The third-order valence-electron chi connectivity index (χ3n) is 7.74. The fourth-order valence-electron chi connectivity index (χ4n) is 6.24. The van der Waals surface area contributed by atoms with E-state index in [0.717, 1.165) is 36.2 Å². The predicted octanol–water partition coefficient (Wildman–Crippen LogP) is 5.30. The van der Waals surface area contributed by atoms with Crippen LogP contribution in [-0.4, -0.2) is 16.8 Å². The van der Waals surface area contributed by atoms with Crippen molar-refractivity contribution in [3.05, 3.63) is 53.1 Å².